The Morgan fingerprint density at radius 3 is 2.10 bits per heavy atom. The number of nitrogens with zero attached hydrogens (tertiary/aromatic N) is 3. The lowest BCUT2D eigenvalue weighted by atomic mass is 9.55. The molecule has 30 heavy (non-hydrogen) atoms. The predicted octanol–water partition coefficient (Wildman–Crippen LogP) is 3.23. The first-order valence-electron chi connectivity index (χ1n) is 9.03. The predicted molar refractivity (Wildman–Crippen MR) is 107 cm³/mol. The summed E-state index contributed by atoms with van der Waals surface area (Å²) in [5, 5.41) is 30.6. The van der Waals surface area contributed by atoms with Crippen molar-refractivity contribution in [3.05, 3.63) is 71.5 Å². The van der Waals surface area contributed by atoms with Crippen LogP contribution >= 0.6 is 0 Å². The van der Waals surface area contributed by atoms with Gasteiger partial charge in [-0.15, -0.1) is 0 Å². The van der Waals surface area contributed by atoms with Crippen LogP contribution in [0.5, 0.6) is 5.75 Å². The monoisotopic (exact) mass is 398 g/mol. The SMILES string of the molecule is COc1ccc(C2=C(C)O[C@@H](c3ccccc3)C(C#N)(C#N)[C@]2(C#N)C(N)=O)cc1. The number of hydrogen-bond donors (Lipinski definition) is 1. The maximum Gasteiger partial charge on any atom is 0.245 e. The van der Waals surface area contributed by atoms with Gasteiger partial charge in [0.25, 0.3) is 0 Å². The molecule has 7 nitrogen and oxygen atoms in total. The minimum atomic E-state index is -2.27. The third-order valence-electron chi connectivity index (χ3n) is 5.38. The summed E-state index contributed by atoms with van der Waals surface area (Å²) in [6, 6.07) is 20.8. The molecule has 1 aliphatic rings. The highest BCUT2D eigenvalue weighted by Crippen LogP contribution is 2.60. The van der Waals surface area contributed by atoms with Gasteiger partial charge in [0, 0.05) is 5.57 Å². The van der Waals surface area contributed by atoms with Crippen LogP contribution in [0.3, 0.4) is 0 Å². The van der Waals surface area contributed by atoms with Gasteiger partial charge in [0.1, 0.15) is 5.75 Å². The van der Waals surface area contributed by atoms with Gasteiger partial charge in [-0.05, 0) is 30.2 Å². The molecule has 0 aliphatic carbocycles. The number of nitrogens with two attached hydrogens (primary N) is 1. The largest absolute Gasteiger partial charge is 0.497 e. The van der Waals surface area contributed by atoms with E-state index in [1.807, 2.05) is 18.2 Å². The molecule has 0 aromatic heterocycles. The van der Waals surface area contributed by atoms with Crippen molar-refractivity contribution in [3.63, 3.8) is 0 Å². The van der Waals surface area contributed by atoms with Gasteiger partial charge in [0.05, 0.1) is 31.1 Å². The number of carbonyl (C=O) groups is 1. The van der Waals surface area contributed by atoms with Crippen molar-refractivity contribution in [1.29, 1.82) is 15.8 Å². The molecule has 2 aromatic carbocycles. The number of benzene rings is 2. The molecule has 0 saturated carbocycles. The average Bonchev–Trinajstić information content (AvgIpc) is 2.78. The third kappa shape index (κ3) is 2.67. The van der Waals surface area contributed by atoms with Crippen molar-refractivity contribution >= 4 is 11.5 Å². The molecule has 0 saturated heterocycles. The Hall–Kier alpha value is -4.28. The number of primary amides is 1. The molecule has 0 bridgehead atoms. The van der Waals surface area contributed by atoms with E-state index >= 15 is 0 Å². The van der Waals surface area contributed by atoms with Crippen molar-refractivity contribution in [1.82, 2.24) is 0 Å². The van der Waals surface area contributed by atoms with Crippen LogP contribution in [-0.2, 0) is 9.53 Å². The molecule has 1 heterocycles. The fourth-order valence-electron chi connectivity index (χ4n) is 3.93. The number of ether oxygens (including phenoxy) is 2. The summed E-state index contributed by atoms with van der Waals surface area (Å²) in [5.41, 5.74) is 2.26. The van der Waals surface area contributed by atoms with E-state index in [0.29, 0.717) is 16.9 Å². The first-order valence-corrected chi connectivity index (χ1v) is 9.03. The molecule has 3 rings (SSSR count). The second-order valence-electron chi connectivity index (χ2n) is 6.83. The molecule has 2 aromatic rings. The van der Waals surface area contributed by atoms with E-state index in [1.165, 1.54) is 7.11 Å². The average molecular weight is 398 g/mol. The van der Waals surface area contributed by atoms with Gasteiger partial charge in [0.2, 0.25) is 11.3 Å². The Morgan fingerprint density at radius 2 is 1.63 bits per heavy atom. The van der Waals surface area contributed by atoms with Crippen molar-refractivity contribution < 1.29 is 14.3 Å². The highest BCUT2D eigenvalue weighted by molar-refractivity contribution is 6.02. The van der Waals surface area contributed by atoms with Crippen LogP contribution in [0.25, 0.3) is 5.57 Å². The number of hydrogen-bond acceptors (Lipinski definition) is 6. The quantitative estimate of drug-likeness (QED) is 0.840. The summed E-state index contributed by atoms with van der Waals surface area (Å²) in [5.74, 6) is -0.303. The first-order chi connectivity index (χ1) is 14.4. The highest BCUT2D eigenvalue weighted by Gasteiger charge is 2.68. The molecule has 0 unspecified atom stereocenters. The number of amides is 1. The molecule has 1 amide bonds. The number of methoxy groups -OCH3 is 1. The smallest absolute Gasteiger partial charge is 0.245 e. The Bertz CT molecular complexity index is 1120. The molecular weight excluding hydrogens is 380 g/mol. The standard InChI is InChI=1S/C23H18N4O3/c1-15-19(16-8-10-18(29-2)11-9-16)23(14-26,21(27)28)22(12-24,13-25)20(30-15)17-6-4-3-5-7-17/h3-11,20H,1-2H3,(H2,27,28)/t20-,23-/m0/s1. The van der Waals surface area contributed by atoms with Crippen LogP contribution in [-0.4, -0.2) is 13.0 Å². The Morgan fingerprint density at radius 1 is 1.03 bits per heavy atom. The van der Waals surface area contributed by atoms with Crippen LogP contribution in [0.1, 0.15) is 24.2 Å². The second-order valence-corrected chi connectivity index (χ2v) is 6.83. The summed E-state index contributed by atoms with van der Waals surface area (Å²) >= 11 is 0. The molecule has 7 heteroatoms. The zero-order valence-corrected chi connectivity index (χ0v) is 16.4. The Kier molecular flexibility index (Phi) is 5.20. The lowest BCUT2D eigenvalue weighted by Crippen LogP contribution is -2.55. The van der Waals surface area contributed by atoms with Crippen molar-refractivity contribution in [2.75, 3.05) is 7.11 Å². The molecule has 2 atom stereocenters. The minimum Gasteiger partial charge on any atom is -0.497 e. The molecule has 0 radical (unpaired) electrons. The second kappa shape index (κ2) is 7.62. The van der Waals surface area contributed by atoms with Crippen molar-refractivity contribution in [3.8, 4) is 24.0 Å². The fraction of sp³-hybridized carbons (Fsp3) is 0.217. The molecule has 148 valence electrons. The molecule has 1 aliphatic heterocycles. The fourth-order valence-corrected chi connectivity index (χ4v) is 3.93. The van der Waals surface area contributed by atoms with Crippen LogP contribution in [0.2, 0.25) is 0 Å². The lowest BCUT2D eigenvalue weighted by molar-refractivity contribution is -0.129. The van der Waals surface area contributed by atoms with Gasteiger partial charge < -0.3 is 15.2 Å². The summed E-state index contributed by atoms with van der Waals surface area (Å²) in [6.07, 6.45) is -1.19. The van der Waals surface area contributed by atoms with E-state index < -0.39 is 22.8 Å². The van der Waals surface area contributed by atoms with E-state index in [9.17, 15) is 20.6 Å². The lowest BCUT2D eigenvalue weighted by Gasteiger charge is -2.45. The molecule has 2 N–H and O–H groups in total. The summed E-state index contributed by atoms with van der Waals surface area (Å²) in [7, 11) is 1.51. The molecule has 0 fully saturated rings. The van der Waals surface area contributed by atoms with Crippen molar-refractivity contribution in [2.24, 2.45) is 16.6 Å². The van der Waals surface area contributed by atoms with Crippen LogP contribution < -0.4 is 10.5 Å². The van der Waals surface area contributed by atoms with Crippen LogP contribution in [0.15, 0.2) is 60.4 Å². The van der Waals surface area contributed by atoms with Crippen LogP contribution in [0, 0.1) is 44.8 Å². The van der Waals surface area contributed by atoms with E-state index in [4.69, 9.17) is 15.2 Å². The highest BCUT2D eigenvalue weighted by atomic mass is 16.5. The van der Waals surface area contributed by atoms with E-state index in [2.05, 4.69) is 0 Å². The third-order valence-corrected chi connectivity index (χ3v) is 5.38. The summed E-state index contributed by atoms with van der Waals surface area (Å²) < 4.78 is 11.2. The summed E-state index contributed by atoms with van der Waals surface area (Å²) in [4.78, 5) is 12.9. The topological polar surface area (TPSA) is 133 Å². The molecule has 0 spiro atoms. The maximum atomic E-state index is 12.9. The number of rotatable bonds is 4. The van der Waals surface area contributed by atoms with E-state index in [-0.39, 0.29) is 11.3 Å². The maximum absolute atomic E-state index is 12.9. The van der Waals surface area contributed by atoms with Crippen LogP contribution in [0.4, 0.5) is 0 Å². The normalized spacial score (nSPS) is 22.0. The van der Waals surface area contributed by atoms with E-state index in [1.54, 1.807) is 61.5 Å². The van der Waals surface area contributed by atoms with Gasteiger partial charge >= 0.3 is 0 Å². The number of nitriles is 3. The zero-order chi connectivity index (χ0) is 21.9. The first kappa shape index (κ1) is 20.5. The molecular formula is C23H18N4O3. The van der Waals surface area contributed by atoms with Gasteiger partial charge in [-0.3, -0.25) is 4.79 Å². The Balaban J connectivity index is 2.40. The van der Waals surface area contributed by atoms with Gasteiger partial charge in [-0.1, -0.05) is 42.5 Å². The van der Waals surface area contributed by atoms with Gasteiger partial charge in [0.15, 0.2) is 11.5 Å². The summed E-state index contributed by atoms with van der Waals surface area (Å²) in [6.45, 7) is 1.59. The zero-order valence-electron chi connectivity index (χ0n) is 16.4. The van der Waals surface area contributed by atoms with Gasteiger partial charge in [-0.25, -0.2) is 0 Å². The van der Waals surface area contributed by atoms with E-state index in [0.717, 1.165) is 0 Å². The van der Waals surface area contributed by atoms with Gasteiger partial charge in [-0.2, -0.15) is 15.8 Å². The Labute approximate surface area is 174 Å². The number of carbonyl (C=O) groups excluding carboxylic acids is 1. The van der Waals surface area contributed by atoms with Crippen molar-refractivity contribution in [2.45, 2.75) is 13.0 Å². The minimum absolute atomic E-state index is 0.0930. The number of allylic oxidation sites excluding steroid dienone is 1.